The molecule has 10 N–H and O–H groups in total. The van der Waals surface area contributed by atoms with Crippen LogP contribution < -0.4 is 0 Å². The number of ether oxygens (including phenoxy) is 8. The van der Waals surface area contributed by atoms with E-state index in [2.05, 4.69) is 58.9 Å². The second kappa shape index (κ2) is 70.2. The van der Waals surface area contributed by atoms with E-state index in [0.717, 1.165) is 135 Å². The number of hydrogen-bond donors (Lipinski definition) is 10. The second-order valence-corrected chi connectivity index (χ2v) is 35.6. The number of allylic oxidation sites excluding steroid dienone is 4. The van der Waals surface area contributed by atoms with Gasteiger partial charge in [0.2, 0.25) is 0 Å². The zero-order valence-electron chi connectivity index (χ0n) is 73.9. The summed E-state index contributed by atoms with van der Waals surface area (Å²) < 4.78 is 73.5. The van der Waals surface area contributed by atoms with Crippen molar-refractivity contribution in [2.75, 3.05) is 26.4 Å². The maximum absolute atomic E-state index is 14.9. The molecule has 19 atom stereocenters. The molecule has 118 heavy (non-hydrogen) atoms. The van der Waals surface area contributed by atoms with Crippen LogP contribution in [0.4, 0.5) is 0 Å². The van der Waals surface area contributed by atoms with Gasteiger partial charge >= 0.3 is 31.7 Å². The van der Waals surface area contributed by atoms with E-state index in [1.54, 1.807) is 0 Å². The number of aliphatic hydroxyl groups is 9. The molecule has 0 aromatic rings. The molecule has 692 valence electrons. The predicted molar refractivity (Wildman–Crippen MR) is 458 cm³/mol. The highest BCUT2D eigenvalue weighted by Crippen LogP contribution is 2.49. The first-order valence-electron chi connectivity index (χ1n) is 47.5. The van der Waals surface area contributed by atoms with Crippen molar-refractivity contribution in [3.05, 3.63) is 24.3 Å². The largest absolute Gasteiger partial charge is 0.472 e. The Bertz CT molecular complexity index is 2570. The molecule has 2 heterocycles. The first kappa shape index (κ1) is 109. The Morgan fingerprint density at radius 2 is 0.686 bits per heavy atom. The van der Waals surface area contributed by atoms with Crippen molar-refractivity contribution >= 4 is 31.7 Å². The third kappa shape index (κ3) is 50.2. The van der Waals surface area contributed by atoms with Crippen LogP contribution in [0.3, 0.4) is 0 Å². The van der Waals surface area contributed by atoms with Crippen molar-refractivity contribution in [1.29, 1.82) is 0 Å². The van der Waals surface area contributed by atoms with Crippen LogP contribution in [0.1, 0.15) is 401 Å². The lowest BCUT2D eigenvalue weighted by Gasteiger charge is -2.50. The van der Waals surface area contributed by atoms with Crippen LogP contribution in [0.2, 0.25) is 0 Å². The molecule has 0 bridgehead atoms. The lowest BCUT2D eigenvalue weighted by molar-refractivity contribution is -0.360. The van der Waals surface area contributed by atoms with E-state index >= 15 is 0 Å². The molecular formula is C92H169O25P. The van der Waals surface area contributed by atoms with E-state index < -0.39 is 162 Å². The fraction of sp³-hybridized carbons (Fsp3) is 0.913. The summed E-state index contributed by atoms with van der Waals surface area (Å²) in [6.45, 7) is 7.90. The summed E-state index contributed by atoms with van der Waals surface area (Å²) in [6.07, 6.45) is 28.9. The summed E-state index contributed by atoms with van der Waals surface area (Å²) in [4.78, 5) is 66.5. The third-order valence-electron chi connectivity index (χ3n) is 23.3. The summed E-state index contributed by atoms with van der Waals surface area (Å²) in [6, 6.07) is 0. The van der Waals surface area contributed by atoms with Crippen LogP contribution in [0, 0.1) is 5.92 Å². The van der Waals surface area contributed by atoms with Gasteiger partial charge in [-0.15, -0.1) is 0 Å². The van der Waals surface area contributed by atoms with Gasteiger partial charge in [0.05, 0.1) is 13.2 Å². The van der Waals surface area contributed by atoms with Gasteiger partial charge in [-0.25, -0.2) is 4.57 Å². The van der Waals surface area contributed by atoms with Crippen molar-refractivity contribution in [3.8, 4) is 0 Å². The number of carbonyl (C=O) groups is 4. The fourth-order valence-electron chi connectivity index (χ4n) is 15.7. The first-order chi connectivity index (χ1) is 57.1. The van der Waals surface area contributed by atoms with Gasteiger partial charge in [0.15, 0.2) is 24.8 Å². The number of unbranched alkanes of at least 4 members (excludes halogenated alkanes) is 44. The highest BCUT2D eigenvalue weighted by atomic mass is 31.2. The minimum Gasteiger partial charge on any atom is -0.463 e. The van der Waals surface area contributed by atoms with Crippen molar-refractivity contribution < 1.29 is 122 Å². The molecule has 0 aromatic heterocycles. The van der Waals surface area contributed by atoms with Crippen molar-refractivity contribution in [2.45, 2.75) is 505 Å². The minimum atomic E-state index is -5.81. The molecule has 0 spiro atoms. The number of esters is 4. The molecular weight excluding hydrogens is 1540 g/mol. The van der Waals surface area contributed by atoms with Crippen LogP contribution >= 0.6 is 7.82 Å². The summed E-state index contributed by atoms with van der Waals surface area (Å²) in [5.74, 6) is -2.30. The predicted octanol–water partition coefficient (Wildman–Crippen LogP) is 17.6. The Morgan fingerprint density at radius 3 is 1.11 bits per heavy atom. The molecule has 1 aliphatic carbocycles. The highest BCUT2D eigenvalue weighted by molar-refractivity contribution is 7.47. The number of aliphatic hydroxyl groups excluding tert-OH is 9. The first-order valence-corrected chi connectivity index (χ1v) is 49.0. The maximum Gasteiger partial charge on any atom is 0.472 e. The average Bonchev–Trinajstić information content (AvgIpc) is 0.755. The number of phosphoric ester groups is 1. The Balaban J connectivity index is 1.92. The van der Waals surface area contributed by atoms with Gasteiger partial charge in [-0.2, -0.15) is 0 Å². The zero-order chi connectivity index (χ0) is 86.2. The van der Waals surface area contributed by atoms with Crippen molar-refractivity contribution in [1.82, 2.24) is 0 Å². The molecule has 0 amide bonds. The van der Waals surface area contributed by atoms with E-state index in [0.29, 0.717) is 44.4 Å². The Kier molecular flexibility index (Phi) is 64.9. The quantitative estimate of drug-likeness (QED) is 0.00889. The van der Waals surface area contributed by atoms with Gasteiger partial charge in [-0.3, -0.25) is 28.2 Å². The molecule has 2 aliphatic heterocycles. The van der Waals surface area contributed by atoms with Crippen LogP contribution in [0.5, 0.6) is 0 Å². The molecule has 3 rings (SSSR count). The highest BCUT2D eigenvalue weighted by Gasteiger charge is 2.60. The zero-order valence-corrected chi connectivity index (χ0v) is 74.8. The molecule has 19 unspecified atom stereocenters. The van der Waals surface area contributed by atoms with Crippen LogP contribution in [0.25, 0.3) is 0 Å². The molecule has 26 heteroatoms. The third-order valence-corrected chi connectivity index (χ3v) is 24.3. The number of rotatable bonds is 76. The molecule has 0 radical (unpaired) electrons. The Labute approximate surface area is 711 Å². The number of phosphoric acid groups is 1. The van der Waals surface area contributed by atoms with Crippen LogP contribution in [0.15, 0.2) is 24.3 Å². The van der Waals surface area contributed by atoms with E-state index in [-0.39, 0.29) is 25.7 Å². The lowest BCUT2D eigenvalue weighted by atomic mass is 9.84. The minimum absolute atomic E-state index is 0.0161. The van der Waals surface area contributed by atoms with Crippen molar-refractivity contribution in [2.24, 2.45) is 5.92 Å². The molecule has 3 aliphatic rings. The van der Waals surface area contributed by atoms with Gasteiger partial charge in [0.1, 0.15) is 92.6 Å². The summed E-state index contributed by atoms with van der Waals surface area (Å²) >= 11 is 0. The smallest absolute Gasteiger partial charge is 0.463 e. The topological polar surface area (TPSA) is 380 Å². The Morgan fingerprint density at radius 1 is 0.356 bits per heavy atom. The summed E-state index contributed by atoms with van der Waals surface area (Å²) in [7, 11) is -5.81. The van der Waals surface area contributed by atoms with Gasteiger partial charge in [0.25, 0.3) is 0 Å². The number of hydrogen-bond acceptors (Lipinski definition) is 24. The van der Waals surface area contributed by atoms with Gasteiger partial charge in [-0.05, 0) is 83.0 Å². The van der Waals surface area contributed by atoms with Gasteiger partial charge in [0, 0.05) is 25.7 Å². The maximum atomic E-state index is 14.9. The second-order valence-electron chi connectivity index (χ2n) is 34.1. The van der Waals surface area contributed by atoms with Gasteiger partial charge in [-0.1, -0.05) is 322 Å². The number of carbonyl (C=O) groups excluding carboxylic acids is 4. The molecule has 1 saturated carbocycles. The summed E-state index contributed by atoms with van der Waals surface area (Å²) in [5.41, 5.74) is 0. The van der Waals surface area contributed by atoms with E-state index in [9.17, 15) is 74.6 Å². The van der Waals surface area contributed by atoms with Crippen LogP contribution in [-0.2, 0) is 70.7 Å². The molecule has 3 fully saturated rings. The summed E-state index contributed by atoms with van der Waals surface area (Å²) in [5, 5.41) is 102. The lowest BCUT2D eigenvalue weighted by Crippen LogP contribution is -2.70. The Hall–Kier alpha value is -3.05. The standard InChI is InChI=1S/C92H169O25P/c1-6-10-14-18-22-25-28-31-33-36-38-41-44-51-58-64-76(95)109-70-74-80(99)82(101)86(105)92(113-74)116-89-87(114-78(97)66-60-54-46-43-40-37-34-32-29-26-23-19-15-11-7-2)83(102)84(103)88(115-91-85(104)81(100)79(98)73(67-93)112-91)90(89)117-118(106,107)110-69-72(111-77(96)65-59-53-45-42-39-35-30-27-24-20-16-12-8-3)68-108-75(94)63-57-52-48-47-50-56-62-71(5)61-55-49-21-17-13-9-4/h26,29,35,39,71-74,79-93,98-105H,6-25,27-28,30-34,36-38,40-70H2,1-5H3,(H,106,107)/b29-26-,39-35-. The van der Waals surface area contributed by atoms with Crippen LogP contribution in [-0.4, -0.2) is 205 Å². The normalized spacial score (nSPS) is 25.3. The molecule has 25 nitrogen and oxygen atoms in total. The van der Waals surface area contributed by atoms with E-state index in [1.807, 2.05) is 0 Å². The molecule has 0 aromatic carbocycles. The van der Waals surface area contributed by atoms with Crippen molar-refractivity contribution in [3.63, 3.8) is 0 Å². The monoisotopic (exact) mass is 1710 g/mol. The SMILES string of the molecule is CCCCCC/C=C\CCCCCCCCCC(=O)OC1C(O)C(O)C(OC2OC(CO)C(O)C(O)C2O)C(OP(=O)(O)OCC(COC(=O)CCCCCCCCC(C)CCCCCCCC)OC(=O)CCCCC/C=C\CCCCCCCC)C1OC1OC(COC(=O)CCCCCCCCCCCCCCCCC)C(O)C(O)C1O. The average molecular weight is 1710 g/mol. The molecule has 2 saturated heterocycles. The van der Waals surface area contributed by atoms with Gasteiger partial charge < -0.3 is 88.7 Å². The van der Waals surface area contributed by atoms with E-state index in [1.165, 1.54) is 167 Å². The fourth-order valence-corrected chi connectivity index (χ4v) is 16.6. The van der Waals surface area contributed by atoms with E-state index in [4.69, 9.17) is 46.9 Å².